The van der Waals surface area contributed by atoms with Gasteiger partial charge in [-0.25, -0.2) is 9.18 Å². The van der Waals surface area contributed by atoms with Gasteiger partial charge in [0.15, 0.2) is 0 Å². The van der Waals surface area contributed by atoms with Crippen molar-refractivity contribution in [1.29, 1.82) is 0 Å². The maximum absolute atomic E-state index is 14.1. The summed E-state index contributed by atoms with van der Waals surface area (Å²) in [5.74, 6) is -0.429. The molecule has 0 saturated carbocycles. The number of carbonyl (C=O) groups is 1. The average molecular weight is 412 g/mol. The van der Waals surface area contributed by atoms with E-state index >= 15 is 0 Å². The minimum Gasteiger partial charge on any atom is -0.465 e. The van der Waals surface area contributed by atoms with E-state index in [0.29, 0.717) is 11.6 Å². The van der Waals surface area contributed by atoms with Crippen LogP contribution in [0.5, 0.6) is 0 Å². The number of hydrogen-bond donors (Lipinski definition) is 0. The van der Waals surface area contributed by atoms with Crippen LogP contribution in [0.1, 0.15) is 28.8 Å². The zero-order valence-electron chi connectivity index (χ0n) is 17.6. The van der Waals surface area contributed by atoms with Crippen LogP contribution in [0.25, 0.3) is 0 Å². The number of benzene rings is 2. The lowest BCUT2D eigenvalue weighted by Crippen LogP contribution is -2.55. The van der Waals surface area contributed by atoms with Gasteiger partial charge in [-0.2, -0.15) is 0 Å². The Morgan fingerprint density at radius 1 is 1.03 bits per heavy atom. The zero-order valence-corrected chi connectivity index (χ0v) is 17.6. The number of esters is 1. The van der Waals surface area contributed by atoms with Crippen molar-refractivity contribution >= 4 is 11.7 Å². The first-order chi connectivity index (χ1) is 14.6. The fourth-order valence-electron chi connectivity index (χ4n) is 4.63. The Balaban J connectivity index is 1.30. The number of piperazine rings is 1. The van der Waals surface area contributed by atoms with Crippen molar-refractivity contribution in [2.75, 3.05) is 51.3 Å². The van der Waals surface area contributed by atoms with Gasteiger partial charge >= 0.3 is 5.97 Å². The number of hydrogen-bond acceptors (Lipinski definition) is 5. The zero-order chi connectivity index (χ0) is 20.9. The molecule has 0 amide bonds. The number of piperidine rings is 1. The lowest BCUT2D eigenvalue weighted by molar-refractivity contribution is 0.0600. The standard InChI is InChI=1S/C24H30FN3O2/c1-30-24(29)20-10-8-19(9-11-20)17-26-12-4-5-21(18-26)27-13-15-28(16-14-27)23-7-3-2-6-22(23)25/h2-3,6-11,21H,4-5,12-18H2,1H3/t21-/m1/s1. The fraction of sp³-hybridized carbons (Fsp3) is 0.458. The number of carbonyl (C=O) groups excluding carboxylic acids is 1. The van der Waals surface area contributed by atoms with Gasteiger partial charge in [-0.15, -0.1) is 0 Å². The quantitative estimate of drug-likeness (QED) is 0.705. The van der Waals surface area contributed by atoms with Crippen LogP contribution in [0.2, 0.25) is 0 Å². The molecule has 160 valence electrons. The van der Waals surface area contributed by atoms with Crippen LogP contribution in [0.3, 0.4) is 0 Å². The monoisotopic (exact) mass is 411 g/mol. The van der Waals surface area contributed by atoms with Crippen molar-refractivity contribution in [3.8, 4) is 0 Å². The molecule has 4 rings (SSSR count). The maximum atomic E-state index is 14.1. The third kappa shape index (κ3) is 4.82. The molecule has 1 atom stereocenters. The molecular weight excluding hydrogens is 381 g/mol. The predicted octanol–water partition coefficient (Wildman–Crippen LogP) is 3.40. The van der Waals surface area contributed by atoms with Gasteiger partial charge in [-0.05, 0) is 49.2 Å². The molecular formula is C24H30FN3O2. The molecule has 0 aliphatic carbocycles. The molecule has 0 radical (unpaired) electrons. The van der Waals surface area contributed by atoms with E-state index in [1.54, 1.807) is 12.1 Å². The molecule has 0 unspecified atom stereocenters. The third-order valence-electron chi connectivity index (χ3n) is 6.29. The molecule has 0 spiro atoms. The van der Waals surface area contributed by atoms with Crippen LogP contribution in [0.4, 0.5) is 10.1 Å². The molecule has 6 heteroatoms. The Hall–Kier alpha value is -2.44. The largest absolute Gasteiger partial charge is 0.465 e. The maximum Gasteiger partial charge on any atom is 0.337 e. The van der Waals surface area contributed by atoms with Crippen LogP contribution >= 0.6 is 0 Å². The van der Waals surface area contributed by atoms with E-state index in [1.807, 2.05) is 36.4 Å². The number of halogens is 1. The Morgan fingerprint density at radius 2 is 1.77 bits per heavy atom. The molecule has 30 heavy (non-hydrogen) atoms. The second kappa shape index (κ2) is 9.58. The molecule has 2 saturated heterocycles. The van der Waals surface area contributed by atoms with Crippen LogP contribution in [0, 0.1) is 5.82 Å². The Morgan fingerprint density at radius 3 is 2.47 bits per heavy atom. The summed E-state index contributed by atoms with van der Waals surface area (Å²) in [5.41, 5.74) is 2.52. The lowest BCUT2D eigenvalue weighted by Gasteiger charge is -2.44. The van der Waals surface area contributed by atoms with Gasteiger partial charge in [0.05, 0.1) is 18.4 Å². The molecule has 0 bridgehead atoms. The predicted molar refractivity (Wildman–Crippen MR) is 116 cm³/mol. The second-order valence-corrected chi connectivity index (χ2v) is 8.19. The second-order valence-electron chi connectivity index (χ2n) is 8.19. The van der Waals surface area contributed by atoms with E-state index < -0.39 is 0 Å². The van der Waals surface area contributed by atoms with Gasteiger partial charge in [0.2, 0.25) is 0 Å². The van der Waals surface area contributed by atoms with Crippen LogP contribution in [-0.2, 0) is 11.3 Å². The summed E-state index contributed by atoms with van der Waals surface area (Å²) in [5, 5.41) is 0. The number of para-hydroxylation sites is 1. The molecule has 2 aromatic rings. The highest BCUT2D eigenvalue weighted by atomic mass is 19.1. The Kier molecular flexibility index (Phi) is 6.65. The van der Waals surface area contributed by atoms with Gasteiger partial charge in [-0.3, -0.25) is 9.80 Å². The molecule has 2 aliphatic heterocycles. The molecule has 2 heterocycles. The third-order valence-corrected chi connectivity index (χ3v) is 6.29. The van der Waals surface area contributed by atoms with E-state index in [1.165, 1.54) is 25.5 Å². The number of nitrogens with zero attached hydrogens (tertiary/aromatic N) is 3. The van der Waals surface area contributed by atoms with Crippen molar-refractivity contribution < 1.29 is 13.9 Å². The van der Waals surface area contributed by atoms with Gasteiger partial charge in [-0.1, -0.05) is 24.3 Å². The SMILES string of the molecule is COC(=O)c1ccc(CN2CCC[C@@H](N3CCN(c4ccccc4F)CC3)C2)cc1. The lowest BCUT2D eigenvalue weighted by atomic mass is 10.0. The summed E-state index contributed by atoms with van der Waals surface area (Å²) in [6, 6.07) is 15.3. The van der Waals surface area contributed by atoms with E-state index in [2.05, 4.69) is 14.7 Å². The molecule has 0 aromatic heterocycles. The van der Waals surface area contributed by atoms with Gasteiger partial charge in [0, 0.05) is 45.3 Å². The number of methoxy groups -OCH3 is 1. The van der Waals surface area contributed by atoms with E-state index in [4.69, 9.17) is 4.74 Å². The highest BCUT2D eigenvalue weighted by Gasteiger charge is 2.28. The Labute approximate surface area is 178 Å². The average Bonchev–Trinajstić information content (AvgIpc) is 2.80. The number of ether oxygens (including phenoxy) is 1. The summed E-state index contributed by atoms with van der Waals surface area (Å²) in [6.07, 6.45) is 2.41. The van der Waals surface area contributed by atoms with Crippen molar-refractivity contribution in [2.45, 2.75) is 25.4 Å². The molecule has 5 nitrogen and oxygen atoms in total. The highest BCUT2D eigenvalue weighted by Crippen LogP contribution is 2.23. The first kappa shape index (κ1) is 20.8. The molecule has 2 aromatic carbocycles. The fourth-order valence-corrected chi connectivity index (χ4v) is 4.63. The summed E-state index contributed by atoms with van der Waals surface area (Å²) in [7, 11) is 1.40. The van der Waals surface area contributed by atoms with Crippen LogP contribution < -0.4 is 4.90 Å². The number of rotatable bonds is 5. The minimum absolute atomic E-state index is 0.131. The normalized spacial score (nSPS) is 20.9. The van der Waals surface area contributed by atoms with E-state index in [9.17, 15) is 9.18 Å². The summed E-state index contributed by atoms with van der Waals surface area (Å²) >= 11 is 0. The molecule has 2 fully saturated rings. The molecule has 0 N–H and O–H groups in total. The van der Waals surface area contributed by atoms with Gasteiger partial charge in [0.25, 0.3) is 0 Å². The van der Waals surface area contributed by atoms with Crippen LogP contribution in [0.15, 0.2) is 48.5 Å². The smallest absolute Gasteiger partial charge is 0.337 e. The van der Waals surface area contributed by atoms with E-state index in [0.717, 1.165) is 51.5 Å². The van der Waals surface area contributed by atoms with Crippen molar-refractivity contribution in [3.05, 3.63) is 65.5 Å². The van der Waals surface area contributed by atoms with E-state index in [-0.39, 0.29) is 11.8 Å². The van der Waals surface area contributed by atoms with Gasteiger partial charge < -0.3 is 9.64 Å². The summed E-state index contributed by atoms with van der Waals surface area (Å²) in [6.45, 7) is 6.73. The number of anilines is 1. The first-order valence-electron chi connectivity index (χ1n) is 10.8. The van der Waals surface area contributed by atoms with Crippen LogP contribution in [-0.4, -0.2) is 68.2 Å². The first-order valence-corrected chi connectivity index (χ1v) is 10.8. The number of likely N-dealkylation sites (tertiary alicyclic amines) is 1. The summed E-state index contributed by atoms with van der Waals surface area (Å²) < 4.78 is 18.9. The Bertz CT molecular complexity index is 850. The highest BCUT2D eigenvalue weighted by molar-refractivity contribution is 5.89. The van der Waals surface area contributed by atoms with Crippen molar-refractivity contribution in [3.63, 3.8) is 0 Å². The molecule has 2 aliphatic rings. The summed E-state index contributed by atoms with van der Waals surface area (Å²) in [4.78, 5) is 18.8. The minimum atomic E-state index is -0.297. The van der Waals surface area contributed by atoms with Gasteiger partial charge in [0.1, 0.15) is 5.82 Å². The topological polar surface area (TPSA) is 36.0 Å². The van der Waals surface area contributed by atoms with Crippen molar-refractivity contribution in [1.82, 2.24) is 9.80 Å². The van der Waals surface area contributed by atoms with Crippen molar-refractivity contribution in [2.24, 2.45) is 0 Å².